The highest BCUT2D eigenvalue weighted by Gasteiger charge is 2.22. The van der Waals surface area contributed by atoms with Gasteiger partial charge in [-0.25, -0.2) is 4.68 Å². The maximum absolute atomic E-state index is 6.24. The molecule has 2 heterocycles. The number of piperidine rings is 1. The van der Waals surface area contributed by atoms with Gasteiger partial charge in [0.15, 0.2) is 15.5 Å². The normalized spacial score (nSPS) is 15.0. The number of aryl methyl sites for hydroxylation is 1. The molecule has 0 unspecified atom stereocenters. The Labute approximate surface area is 192 Å². The number of hydrogen-bond donors (Lipinski definition) is 1. The lowest BCUT2D eigenvalue weighted by Gasteiger charge is -2.32. The lowest BCUT2D eigenvalue weighted by atomic mass is 10.1. The van der Waals surface area contributed by atoms with Crippen LogP contribution in [0.1, 0.15) is 25.3 Å². The monoisotopic (exact) mass is 456 g/mol. The van der Waals surface area contributed by atoms with E-state index in [4.69, 9.17) is 21.7 Å². The molecule has 0 amide bonds. The molecule has 164 valence electrons. The number of nitrogens with one attached hydrogen (secondary N) is 1. The minimum absolute atomic E-state index is 0.194. The summed E-state index contributed by atoms with van der Waals surface area (Å²) < 4.78 is 14.6. The fraction of sp³-hybridized carbons (Fsp3) is 0.391. The topological polar surface area (TPSA) is 51.6 Å². The van der Waals surface area contributed by atoms with Crippen LogP contribution in [0.3, 0.4) is 0 Å². The van der Waals surface area contributed by atoms with E-state index in [1.807, 2.05) is 35.9 Å². The summed E-state index contributed by atoms with van der Waals surface area (Å²) in [6.07, 6.45) is 2.12. The van der Waals surface area contributed by atoms with Crippen molar-refractivity contribution >= 4 is 34.4 Å². The summed E-state index contributed by atoms with van der Waals surface area (Å²) in [5.41, 5.74) is 2.25. The van der Waals surface area contributed by atoms with Crippen LogP contribution >= 0.6 is 23.6 Å². The molecule has 0 radical (unpaired) electrons. The van der Waals surface area contributed by atoms with Crippen LogP contribution in [-0.2, 0) is 6.67 Å². The van der Waals surface area contributed by atoms with Crippen LogP contribution in [0.5, 0.6) is 11.5 Å². The molecular formula is C23H28N4O2S2. The van der Waals surface area contributed by atoms with Crippen LogP contribution in [0.2, 0.25) is 0 Å². The van der Waals surface area contributed by atoms with Gasteiger partial charge in [-0.2, -0.15) is 0 Å². The number of benzene rings is 2. The molecule has 31 heavy (non-hydrogen) atoms. The first-order valence-corrected chi connectivity index (χ1v) is 11.9. The van der Waals surface area contributed by atoms with Crippen LogP contribution in [0.4, 0.5) is 10.8 Å². The Morgan fingerprint density at radius 3 is 2.52 bits per heavy atom. The molecule has 0 spiro atoms. The van der Waals surface area contributed by atoms with Gasteiger partial charge in [0.25, 0.3) is 0 Å². The zero-order valence-corrected chi connectivity index (χ0v) is 19.5. The first-order valence-electron chi connectivity index (χ1n) is 10.6. The van der Waals surface area contributed by atoms with Crippen molar-refractivity contribution in [2.45, 2.75) is 39.5 Å². The number of rotatable bonds is 8. The van der Waals surface area contributed by atoms with Gasteiger partial charge < -0.3 is 14.8 Å². The molecule has 3 aromatic rings. The van der Waals surface area contributed by atoms with Gasteiger partial charge in [-0.15, -0.1) is 5.10 Å². The van der Waals surface area contributed by atoms with Gasteiger partial charge in [-0.3, -0.25) is 4.90 Å². The lowest BCUT2D eigenvalue weighted by Crippen LogP contribution is -2.39. The van der Waals surface area contributed by atoms with Crippen molar-refractivity contribution in [3.05, 3.63) is 58.0 Å². The molecule has 0 bridgehead atoms. The smallest absolute Gasteiger partial charge is 0.209 e. The van der Waals surface area contributed by atoms with E-state index >= 15 is 0 Å². The molecule has 0 aliphatic carbocycles. The number of nitrogens with zero attached hydrogens (tertiary/aromatic N) is 3. The molecule has 1 fully saturated rings. The van der Waals surface area contributed by atoms with E-state index in [9.17, 15) is 0 Å². The van der Waals surface area contributed by atoms with E-state index in [0.29, 0.717) is 13.3 Å². The van der Waals surface area contributed by atoms with E-state index in [0.717, 1.165) is 52.2 Å². The van der Waals surface area contributed by atoms with Gasteiger partial charge in [0.1, 0.15) is 6.10 Å². The first-order chi connectivity index (χ1) is 15.1. The third-order valence-electron chi connectivity index (χ3n) is 5.22. The molecule has 8 heteroatoms. The molecule has 1 N–H and O–H groups in total. The molecule has 1 aliphatic rings. The summed E-state index contributed by atoms with van der Waals surface area (Å²) in [4.78, 5) is 2.37. The summed E-state index contributed by atoms with van der Waals surface area (Å²) in [6.45, 7) is 7.29. The molecule has 1 aliphatic heterocycles. The Hall–Kier alpha value is -2.42. The molecule has 6 nitrogen and oxygen atoms in total. The predicted octanol–water partition coefficient (Wildman–Crippen LogP) is 5.63. The second-order valence-electron chi connectivity index (χ2n) is 7.62. The van der Waals surface area contributed by atoms with Gasteiger partial charge in [-0.05, 0) is 63.2 Å². The predicted molar refractivity (Wildman–Crippen MR) is 128 cm³/mol. The van der Waals surface area contributed by atoms with Crippen LogP contribution in [0, 0.1) is 10.9 Å². The maximum atomic E-state index is 6.24. The minimum atomic E-state index is 0.194. The number of likely N-dealkylation sites (tertiary alicyclic amines) is 1. The average Bonchev–Trinajstić information content (AvgIpc) is 3.11. The van der Waals surface area contributed by atoms with E-state index in [1.54, 1.807) is 0 Å². The number of anilines is 2. The number of aromatic nitrogens is 2. The van der Waals surface area contributed by atoms with Gasteiger partial charge in [-0.1, -0.05) is 41.2 Å². The molecule has 1 saturated heterocycles. The Bertz CT molecular complexity index is 1040. The molecule has 4 rings (SSSR count). The zero-order chi connectivity index (χ0) is 21.6. The highest BCUT2D eigenvalue weighted by molar-refractivity contribution is 7.73. The van der Waals surface area contributed by atoms with Crippen molar-refractivity contribution in [3.63, 3.8) is 0 Å². The number of hydrogen-bond acceptors (Lipinski definition) is 7. The Morgan fingerprint density at radius 2 is 1.81 bits per heavy atom. The van der Waals surface area contributed by atoms with Gasteiger partial charge in [0.05, 0.1) is 13.3 Å². The Kier molecular flexibility index (Phi) is 7.21. The van der Waals surface area contributed by atoms with Crippen molar-refractivity contribution in [1.82, 2.24) is 14.7 Å². The Balaban J connectivity index is 1.30. The fourth-order valence-corrected chi connectivity index (χ4v) is 4.58. The lowest BCUT2D eigenvalue weighted by molar-refractivity contribution is 0.0781. The fourth-order valence-electron chi connectivity index (χ4n) is 3.57. The minimum Gasteiger partial charge on any atom is -0.490 e. The largest absolute Gasteiger partial charge is 0.490 e. The average molecular weight is 457 g/mol. The van der Waals surface area contributed by atoms with Crippen molar-refractivity contribution < 1.29 is 9.47 Å². The van der Waals surface area contributed by atoms with Crippen molar-refractivity contribution in [2.75, 3.05) is 25.0 Å². The van der Waals surface area contributed by atoms with Crippen molar-refractivity contribution in [1.29, 1.82) is 0 Å². The van der Waals surface area contributed by atoms with E-state index in [-0.39, 0.29) is 6.10 Å². The standard InChI is InChI=1S/C23H28N4O2S2/c1-3-28-20-6-4-5-7-21(20)29-19-12-14-26(15-13-19)16-27-23(30)31-22(25-27)24-18-10-8-17(2)9-11-18/h4-11,19H,3,12-16H2,1-2H3,(H,24,25). The maximum Gasteiger partial charge on any atom is 0.209 e. The third-order valence-corrected chi connectivity index (χ3v) is 6.44. The van der Waals surface area contributed by atoms with Gasteiger partial charge >= 0.3 is 0 Å². The van der Waals surface area contributed by atoms with Crippen molar-refractivity contribution in [2.24, 2.45) is 0 Å². The van der Waals surface area contributed by atoms with Crippen LogP contribution in [0.15, 0.2) is 48.5 Å². The highest BCUT2D eigenvalue weighted by Crippen LogP contribution is 2.29. The summed E-state index contributed by atoms with van der Waals surface area (Å²) in [5, 5.41) is 8.84. The van der Waals surface area contributed by atoms with Gasteiger partial charge in [0, 0.05) is 18.8 Å². The molecule has 2 aromatic carbocycles. The van der Waals surface area contributed by atoms with Crippen LogP contribution < -0.4 is 14.8 Å². The summed E-state index contributed by atoms with van der Waals surface area (Å²) in [5.74, 6) is 1.64. The van der Waals surface area contributed by atoms with Crippen LogP contribution in [0.25, 0.3) is 0 Å². The van der Waals surface area contributed by atoms with Crippen LogP contribution in [-0.4, -0.2) is 40.5 Å². The second kappa shape index (κ2) is 10.3. The summed E-state index contributed by atoms with van der Waals surface area (Å²) in [7, 11) is 0. The SMILES string of the molecule is CCOc1ccccc1OC1CCN(Cn2nc(Nc3ccc(C)cc3)sc2=S)CC1. The Morgan fingerprint density at radius 1 is 1.10 bits per heavy atom. The quantitative estimate of drug-likeness (QED) is 0.444. The third kappa shape index (κ3) is 5.84. The molecule has 0 atom stereocenters. The highest BCUT2D eigenvalue weighted by atomic mass is 32.1. The van der Waals surface area contributed by atoms with E-state index in [1.165, 1.54) is 16.9 Å². The number of para-hydroxylation sites is 2. The first kappa shape index (κ1) is 21.8. The second-order valence-corrected chi connectivity index (χ2v) is 9.24. The van der Waals surface area contributed by atoms with Crippen molar-refractivity contribution in [3.8, 4) is 11.5 Å². The zero-order valence-electron chi connectivity index (χ0n) is 17.9. The summed E-state index contributed by atoms with van der Waals surface area (Å²) >= 11 is 7.04. The molecule has 1 aromatic heterocycles. The summed E-state index contributed by atoms with van der Waals surface area (Å²) in [6, 6.07) is 16.2. The number of ether oxygens (including phenoxy) is 2. The van der Waals surface area contributed by atoms with Gasteiger partial charge in [0.2, 0.25) is 5.13 Å². The van der Waals surface area contributed by atoms with E-state index in [2.05, 4.69) is 46.5 Å². The molecular weight excluding hydrogens is 428 g/mol. The molecule has 0 saturated carbocycles. The van der Waals surface area contributed by atoms with E-state index < -0.39 is 0 Å².